The number of carbonyl (C=O) groups excluding carboxylic acids is 1. The molecule has 116 valence electrons. The van der Waals surface area contributed by atoms with Crippen molar-refractivity contribution in [2.45, 2.75) is 44.4 Å². The van der Waals surface area contributed by atoms with Gasteiger partial charge in [-0.2, -0.15) is 0 Å². The van der Waals surface area contributed by atoms with Gasteiger partial charge in [0.25, 0.3) is 0 Å². The molecule has 1 amide bonds. The van der Waals surface area contributed by atoms with E-state index in [9.17, 15) is 4.79 Å². The molecule has 1 aromatic rings. The minimum atomic E-state index is -0.614. The van der Waals surface area contributed by atoms with Gasteiger partial charge in [-0.05, 0) is 31.1 Å². The Balaban J connectivity index is 1.63. The molecule has 5 nitrogen and oxygen atoms in total. The predicted molar refractivity (Wildman–Crippen MR) is 79.0 cm³/mol. The second kappa shape index (κ2) is 4.83. The van der Waals surface area contributed by atoms with Crippen LogP contribution in [0.25, 0.3) is 0 Å². The summed E-state index contributed by atoms with van der Waals surface area (Å²) in [6.07, 6.45) is 1.50. The second-order valence-corrected chi connectivity index (χ2v) is 6.42. The van der Waals surface area contributed by atoms with Crippen molar-refractivity contribution in [3.63, 3.8) is 0 Å². The van der Waals surface area contributed by atoms with Crippen molar-refractivity contribution in [3.8, 4) is 0 Å². The number of amides is 1. The van der Waals surface area contributed by atoms with Gasteiger partial charge in [-0.15, -0.1) is 0 Å². The largest absolute Gasteiger partial charge is 0.445 e. The third-order valence-corrected chi connectivity index (χ3v) is 4.36. The topological polar surface area (TPSA) is 48.0 Å². The van der Waals surface area contributed by atoms with Crippen LogP contribution in [0.2, 0.25) is 0 Å². The molecule has 4 rings (SSSR count). The highest BCUT2D eigenvalue weighted by Gasteiger charge is 2.53. The molecule has 2 fully saturated rings. The summed E-state index contributed by atoms with van der Waals surface area (Å²) in [6, 6.07) is 9.81. The summed E-state index contributed by atoms with van der Waals surface area (Å²) < 4.78 is 17.2. The molecule has 0 unspecified atom stereocenters. The SMILES string of the molecule is CC1(C)O[C@@H]2[C@@H](C=C3COC(=O)N(Cc4ccccc4)[C@@H]32)O1. The predicted octanol–water partition coefficient (Wildman–Crippen LogP) is 2.47. The summed E-state index contributed by atoms with van der Waals surface area (Å²) >= 11 is 0. The Morgan fingerprint density at radius 3 is 2.77 bits per heavy atom. The van der Waals surface area contributed by atoms with E-state index in [2.05, 4.69) is 6.08 Å². The molecule has 2 aliphatic heterocycles. The molecule has 0 spiro atoms. The lowest BCUT2D eigenvalue weighted by Crippen LogP contribution is -2.51. The highest BCUT2D eigenvalue weighted by Crippen LogP contribution is 2.41. The van der Waals surface area contributed by atoms with E-state index in [0.29, 0.717) is 13.2 Å². The van der Waals surface area contributed by atoms with Crippen LogP contribution in [0.5, 0.6) is 0 Å². The molecular formula is C17H19NO4. The van der Waals surface area contributed by atoms with Gasteiger partial charge in [0.15, 0.2) is 5.79 Å². The fourth-order valence-electron chi connectivity index (χ4n) is 3.51. The van der Waals surface area contributed by atoms with Crippen molar-refractivity contribution in [2.75, 3.05) is 6.61 Å². The van der Waals surface area contributed by atoms with Gasteiger partial charge in [0.1, 0.15) is 18.8 Å². The number of hydrogen-bond donors (Lipinski definition) is 0. The average molecular weight is 301 g/mol. The summed E-state index contributed by atoms with van der Waals surface area (Å²) in [5.41, 5.74) is 2.14. The first kappa shape index (κ1) is 13.8. The summed E-state index contributed by atoms with van der Waals surface area (Å²) in [5, 5.41) is 0. The quantitative estimate of drug-likeness (QED) is 0.787. The van der Waals surface area contributed by atoms with E-state index in [-0.39, 0.29) is 24.3 Å². The van der Waals surface area contributed by atoms with Crippen molar-refractivity contribution < 1.29 is 19.0 Å². The maximum Gasteiger partial charge on any atom is 0.410 e. The molecule has 3 aliphatic rings. The number of rotatable bonds is 2. The lowest BCUT2D eigenvalue weighted by atomic mass is 10.0. The van der Waals surface area contributed by atoms with Crippen molar-refractivity contribution >= 4 is 6.09 Å². The van der Waals surface area contributed by atoms with Crippen LogP contribution in [0.3, 0.4) is 0 Å². The molecule has 0 N–H and O–H groups in total. The number of benzene rings is 1. The minimum Gasteiger partial charge on any atom is -0.445 e. The standard InChI is InChI=1S/C17H19NO4/c1-17(2)21-13-8-12-10-20-16(19)18(14(12)15(13)22-17)9-11-6-4-3-5-7-11/h3-8,13-15H,9-10H2,1-2H3/t13-,14+,15-/m1/s1. The van der Waals surface area contributed by atoms with Crippen LogP contribution in [-0.4, -0.2) is 41.6 Å². The zero-order chi connectivity index (χ0) is 15.3. The Labute approximate surface area is 129 Å². The van der Waals surface area contributed by atoms with Crippen LogP contribution >= 0.6 is 0 Å². The van der Waals surface area contributed by atoms with Crippen molar-refractivity contribution in [3.05, 3.63) is 47.5 Å². The molecule has 0 bridgehead atoms. The minimum absolute atomic E-state index is 0.103. The fourth-order valence-corrected chi connectivity index (χ4v) is 3.51. The number of ether oxygens (including phenoxy) is 3. The van der Waals surface area contributed by atoms with Gasteiger partial charge in [-0.1, -0.05) is 30.3 Å². The Morgan fingerprint density at radius 2 is 2.00 bits per heavy atom. The molecule has 5 heteroatoms. The van der Waals surface area contributed by atoms with Gasteiger partial charge in [0, 0.05) is 6.54 Å². The molecule has 2 saturated heterocycles. The van der Waals surface area contributed by atoms with Crippen LogP contribution in [0.15, 0.2) is 42.0 Å². The number of carbonyl (C=O) groups is 1. The first-order chi connectivity index (χ1) is 10.5. The van der Waals surface area contributed by atoms with Gasteiger partial charge in [-0.25, -0.2) is 4.79 Å². The third-order valence-electron chi connectivity index (χ3n) is 4.36. The summed E-state index contributed by atoms with van der Waals surface area (Å²) in [7, 11) is 0. The molecule has 0 saturated carbocycles. The van der Waals surface area contributed by atoms with E-state index < -0.39 is 5.79 Å². The van der Waals surface area contributed by atoms with Crippen molar-refractivity contribution in [2.24, 2.45) is 0 Å². The van der Waals surface area contributed by atoms with E-state index >= 15 is 0 Å². The fraction of sp³-hybridized carbons (Fsp3) is 0.471. The molecular weight excluding hydrogens is 282 g/mol. The third kappa shape index (κ3) is 2.21. The lowest BCUT2D eigenvalue weighted by Gasteiger charge is -2.37. The number of hydrogen-bond acceptors (Lipinski definition) is 4. The molecule has 0 aromatic heterocycles. The van der Waals surface area contributed by atoms with Crippen LogP contribution in [0.1, 0.15) is 19.4 Å². The van der Waals surface area contributed by atoms with Crippen LogP contribution in [-0.2, 0) is 20.8 Å². The van der Waals surface area contributed by atoms with Gasteiger partial charge in [-0.3, -0.25) is 4.90 Å². The van der Waals surface area contributed by atoms with Gasteiger partial charge >= 0.3 is 6.09 Å². The van der Waals surface area contributed by atoms with E-state index in [1.807, 2.05) is 44.2 Å². The Bertz CT molecular complexity index is 625. The molecule has 1 aromatic carbocycles. The molecule has 1 aliphatic carbocycles. The van der Waals surface area contributed by atoms with Crippen LogP contribution in [0, 0.1) is 0 Å². The van der Waals surface area contributed by atoms with E-state index in [0.717, 1.165) is 11.1 Å². The monoisotopic (exact) mass is 301 g/mol. The Hall–Kier alpha value is -1.85. The smallest absolute Gasteiger partial charge is 0.410 e. The van der Waals surface area contributed by atoms with Gasteiger partial charge < -0.3 is 14.2 Å². The number of nitrogens with zero attached hydrogens (tertiary/aromatic N) is 1. The maximum absolute atomic E-state index is 12.3. The van der Waals surface area contributed by atoms with Crippen molar-refractivity contribution in [1.82, 2.24) is 4.90 Å². The second-order valence-electron chi connectivity index (χ2n) is 6.42. The van der Waals surface area contributed by atoms with E-state index in [1.54, 1.807) is 4.90 Å². The zero-order valence-corrected chi connectivity index (χ0v) is 12.7. The van der Waals surface area contributed by atoms with E-state index in [4.69, 9.17) is 14.2 Å². The highest BCUT2D eigenvalue weighted by atomic mass is 16.8. The van der Waals surface area contributed by atoms with Crippen molar-refractivity contribution in [1.29, 1.82) is 0 Å². The molecule has 2 heterocycles. The molecule has 3 atom stereocenters. The Kier molecular flexibility index (Phi) is 3.03. The van der Waals surface area contributed by atoms with Crippen LogP contribution in [0.4, 0.5) is 4.79 Å². The first-order valence-electron chi connectivity index (χ1n) is 7.57. The Morgan fingerprint density at radius 1 is 1.23 bits per heavy atom. The average Bonchev–Trinajstić information content (AvgIpc) is 2.95. The lowest BCUT2D eigenvalue weighted by molar-refractivity contribution is -0.150. The molecule has 22 heavy (non-hydrogen) atoms. The van der Waals surface area contributed by atoms with Gasteiger partial charge in [0.05, 0.1) is 6.04 Å². The van der Waals surface area contributed by atoms with Crippen LogP contribution < -0.4 is 0 Å². The number of cyclic esters (lactones) is 1. The summed E-state index contributed by atoms with van der Waals surface area (Å²) in [5.74, 6) is -0.614. The molecule has 0 radical (unpaired) electrons. The zero-order valence-electron chi connectivity index (χ0n) is 12.7. The van der Waals surface area contributed by atoms with Gasteiger partial charge in [0.2, 0.25) is 0 Å². The maximum atomic E-state index is 12.3. The summed E-state index contributed by atoms with van der Waals surface area (Å²) in [6.45, 7) is 4.65. The number of fused-ring (bicyclic) bond motifs is 3. The first-order valence-corrected chi connectivity index (χ1v) is 7.57. The highest BCUT2D eigenvalue weighted by molar-refractivity contribution is 5.71. The van der Waals surface area contributed by atoms with E-state index in [1.165, 1.54) is 0 Å². The summed E-state index contributed by atoms with van der Waals surface area (Å²) in [4.78, 5) is 14.0. The normalized spacial score (nSPS) is 32.3.